The number of benzene rings is 2. The van der Waals surface area contributed by atoms with Crippen molar-refractivity contribution in [1.29, 1.82) is 0 Å². The Morgan fingerprint density at radius 3 is 2.39 bits per heavy atom. The third-order valence-electron chi connectivity index (χ3n) is 3.54. The SMILES string of the molecule is CC(=O)c1c(C)oc2cccc(NS(=O)(=O)c3ccccc3)c12. The Hall–Kier alpha value is -2.60. The Balaban J connectivity index is 2.16. The summed E-state index contributed by atoms with van der Waals surface area (Å²) in [5, 5.41) is 0.483. The second-order valence-electron chi connectivity index (χ2n) is 5.19. The van der Waals surface area contributed by atoms with Crippen molar-refractivity contribution in [2.24, 2.45) is 0 Å². The second kappa shape index (κ2) is 5.55. The van der Waals surface area contributed by atoms with Gasteiger partial charge in [0.05, 0.1) is 21.5 Å². The minimum atomic E-state index is -3.74. The number of rotatable bonds is 4. The summed E-state index contributed by atoms with van der Waals surface area (Å²) in [4.78, 5) is 12.0. The molecule has 0 saturated heterocycles. The largest absolute Gasteiger partial charge is 0.461 e. The van der Waals surface area contributed by atoms with E-state index in [-0.39, 0.29) is 10.7 Å². The van der Waals surface area contributed by atoms with Crippen molar-refractivity contribution in [3.63, 3.8) is 0 Å². The highest BCUT2D eigenvalue weighted by molar-refractivity contribution is 7.92. The molecule has 0 spiro atoms. The number of hydrogen-bond donors (Lipinski definition) is 1. The summed E-state index contributed by atoms with van der Waals surface area (Å²) in [7, 11) is -3.74. The summed E-state index contributed by atoms with van der Waals surface area (Å²) >= 11 is 0. The van der Waals surface area contributed by atoms with Gasteiger partial charge >= 0.3 is 0 Å². The maximum Gasteiger partial charge on any atom is 0.261 e. The van der Waals surface area contributed by atoms with Crippen LogP contribution in [0.25, 0.3) is 11.0 Å². The quantitative estimate of drug-likeness (QED) is 0.740. The van der Waals surface area contributed by atoms with Crippen LogP contribution in [0, 0.1) is 6.92 Å². The number of anilines is 1. The van der Waals surface area contributed by atoms with Crippen molar-refractivity contribution in [2.45, 2.75) is 18.7 Å². The van der Waals surface area contributed by atoms with Crippen LogP contribution in [0.1, 0.15) is 23.0 Å². The number of carbonyl (C=O) groups is 1. The van der Waals surface area contributed by atoms with Crippen LogP contribution < -0.4 is 4.72 Å². The van der Waals surface area contributed by atoms with Gasteiger partial charge in [0.15, 0.2) is 5.78 Å². The first kappa shape index (κ1) is 15.3. The van der Waals surface area contributed by atoms with Gasteiger partial charge in [0, 0.05) is 0 Å². The zero-order chi connectivity index (χ0) is 16.6. The number of nitrogens with one attached hydrogen (secondary N) is 1. The molecule has 23 heavy (non-hydrogen) atoms. The van der Waals surface area contributed by atoms with Gasteiger partial charge in [-0.05, 0) is 38.1 Å². The lowest BCUT2D eigenvalue weighted by molar-refractivity contribution is 0.101. The van der Waals surface area contributed by atoms with Crippen LogP contribution >= 0.6 is 0 Å². The Morgan fingerprint density at radius 1 is 1.04 bits per heavy atom. The van der Waals surface area contributed by atoms with Crippen LogP contribution in [0.2, 0.25) is 0 Å². The molecule has 0 bridgehead atoms. The van der Waals surface area contributed by atoms with E-state index >= 15 is 0 Å². The van der Waals surface area contributed by atoms with Crippen molar-refractivity contribution < 1.29 is 17.6 Å². The van der Waals surface area contributed by atoms with Gasteiger partial charge in [0.1, 0.15) is 11.3 Å². The Labute approximate surface area is 134 Å². The van der Waals surface area contributed by atoms with E-state index in [1.807, 2.05) is 0 Å². The molecule has 0 radical (unpaired) electrons. The van der Waals surface area contributed by atoms with Gasteiger partial charge in [0.25, 0.3) is 10.0 Å². The fraction of sp³-hybridized carbons (Fsp3) is 0.118. The summed E-state index contributed by atoms with van der Waals surface area (Å²) in [6.45, 7) is 3.12. The number of Topliss-reactive ketones (excluding diaryl/α,β-unsaturated/α-hetero) is 1. The van der Waals surface area contributed by atoms with Crippen LogP contribution in [0.15, 0.2) is 57.8 Å². The number of aryl methyl sites for hydroxylation is 1. The molecule has 3 aromatic rings. The Bertz CT molecular complexity index is 988. The predicted molar refractivity (Wildman–Crippen MR) is 88.2 cm³/mol. The first-order valence-electron chi connectivity index (χ1n) is 7.01. The summed E-state index contributed by atoms with van der Waals surface area (Å²) < 4.78 is 33.1. The lowest BCUT2D eigenvalue weighted by Gasteiger charge is -2.09. The third-order valence-corrected chi connectivity index (χ3v) is 4.92. The fourth-order valence-corrected chi connectivity index (χ4v) is 3.67. The van der Waals surface area contributed by atoms with Gasteiger partial charge in [-0.2, -0.15) is 0 Å². The van der Waals surface area contributed by atoms with Crippen LogP contribution in [0.5, 0.6) is 0 Å². The molecule has 3 rings (SSSR count). The third kappa shape index (κ3) is 2.73. The molecule has 0 aliphatic heterocycles. The highest BCUT2D eigenvalue weighted by atomic mass is 32.2. The molecule has 2 aromatic carbocycles. The van der Waals surface area contributed by atoms with Gasteiger partial charge in [-0.15, -0.1) is 0 Å². The maximum atomic E-state index is 12.5. The molecule has 0 saturated carbocycles. The van der Waals surface area contributed by atoms with Gasteiger partial charge < -0.3 is 4.42 Å². The second-order valence-corrected chi connectivity index (χ2v) is 6.87. The van der Waals surface area contributed by atoms with Crippen molar-refractivity contribution in [3.05, 3.63) is 59.9 Å². The molecule has 0 aliphatic rings. The normalized spacial score (nSPS) is 11.6. The van der Waals surface area contributed by atoms with Crippen molar-refractivity contribution in [3.8, 4) is 0 Å². The van der Waals surface area contributed by atoms with Gasteiger partial charge in [-0.1, -0.05) is 24.3 Å². The van der Waals surface area contributed by atoms with Crippen molar-refractivity contribution in [1.82, 2.24) is 0 Å². The molecular formula is C17H15NO4S. The minimum absolute atomic E-state index is 0.154. The predicted octanol–water partition coefficient (Wildman–Crippen LogP) is 3.74. The molecule has 0 fully saturated rings. The Morgan fingerprint density at radius 2 is 1.74 bits per heavy atom. The number of hydrogen-bond acceptors (Lipinski definition) is 4. The molecule has 0 amide bonds. The smallest absolute Gasteiger partial charge is 0.261 e. The first-order chi connectivity index (χ1) is 10.9. The summed E-state index contributed by atoms with van der Waals surface area (Å²) in [6.07, 6.45) is 0. The summed E-state index contributed by atoms with van der Waals surface area (Å²) in [5.74, 6) is 0.298. The molecule has 6 heteroatoms. The average Bonchev–Trinajstić information content (AvgIpc) is 2.85. The van der Waals surface area contributed by atoms with Crippen LogP contribution in [-0.2, 0) is 10.0 Å². The van der Waals surface area contributed by atoms with E-state index in [0.29, 0.717) is 28.0 Å². The van der Waals surface area contributed by atoms with E-state index in [4.69, 9.17) is 4.42 Å². The topological polar surface area (TPSA) is 76.4 Å². The highest BCUT2D eigenvalue weighted by Crippen LogP contribution is 2.33. The van der Waals surface area contributed by atoms with Gasteiger partial charge in [0.2, 0.25) is 0 Å². The Kier molecular flexibility index (Phi) is 3.69. The molecule has 1 heterocycles. The van der Waals surface area contributed by atoms with Crippen LogP contribution in [-0.4, -0.2) is 14.2 Å². The summed E-state index contributed by atoms with van der Waals surface area (Å²) in [5.41, 5.74) is 1.20. The van der Waals surface area contributed by atoms with Crippen molar-refractivity contribution in [2.75, 3.05) is 4.72 Å². The number of ketones is 1. The number of carbonyl (C=O) groups excluding carboxylic acids is 1. The molecular weight excluding hydrogens is 314 g/mol. The van der Waals surface area contributed by atoms with Crippen LogP contribution in [0.3, 0.4) is 0 Å². The van der Waals surface area contributed by atoms with E-state index < -0.39 is 10.0 Å². The summed E-state index contributed by atoms with van der Waals surface area (Å²) in [6, 6.07) is 13.1. The van der Waals surface area contributed by atoms with E-state index in [2.05, 4.69) is 4.72 Å². The van der Waals surface area contributed by atoms with Gasteiger partial charge in [-0.25, -0.2) is 8.42 Å². The van der Waals surface area contributed by atoms with E-state index in [0.717, 1.165) is 0 Å². The molecule has 0 unspecified atom stereocenters. The number of sulfonamides is 1. The fourth-order valence-electron chi connectivity index (χ4n) is 2.58. The van der Waals surface area contributed by atoms with E-state index in [1.54, 1.807) is 43.3 Å². The number of fused-ring (bicyclic) bond motifs is 1. The zero-order valence-electron chi connectivity index (χ0n) is 12.7. The molecule has 1 N–H and O–H groups in total. The molecule has 0 atom stereocenters. The van der Waals surface area contributed by atoms with Crippen molar-refractivity contribution >= 4 is 32.5 Å². The standard InChI is InChI=1S/C17H15NO4S/c1-11(19)16-12(2)22-15-10-6-9-14(17(15)16)18-23(20,21)13-7-4-3-5-8-13/h3-10,18H,1-2H3. The lowest BCUT2D eigenvalue weighted by atomic mass is 10.1. The van der Waals surface area contributed by atoms with E-state index in [9.17, 15) is 13.2 Å². The molecule has 118 valence electrons. The average molecular weight is 329 g/mol. The lowest BCUT2D eigenvalue weighted by Crippen LogP contribution is -2.13. The molecule has 0 aliphatic carbocycles. The number of furan rings is 1. The molecule has 5 nitrogen and oxygen atoms in total. The highest BCUT2D eigenvalue weighted by Gasteiger charge is 2.21. The molecule has 1 aromatic heterocycles. The van der Waals surface area contributed by atoms with E-state index in [1.165, 1.54) is 19.1 Å². The van der Waals surface area contributed by atoms with Gasteiger partial charge in [-0.3, -0.25) is 9.52 Å². The monoisotopic (exact) mass is 329 g/mol. The maximum absolute atomic E-state index is 12.5. The minimum Gasteiger partial charge on any atom is -0.461 e. The van der Waals surface area contributed by atoms with Crippen LogP contribution in [0.4, 0.5) is 5.69 Å². The first-order valence-corrected chi connectivity index (χ1v) is 8.49. The zero-order valence-corrected chi connectivity index (χ0v) is 13.5.